The Balaban J connectivity index is 1.91. The van der Waals surface area contributed by atoms with E-state index in [2.05, 4.69) is 0 Å². The highest BCUT2D eigenvalue weighted by Gasteiger charge is 2.35. The van der Waals surface area contributed by atoms with Gasteiger partial charge in [0.05, 0.1) is 0 Å². The average molecular weight is 405 g/mol. The van der Waals surface area contributed by atoms with Gasteiger partial charge in [0.1, 0.15) is 5.66 Å². The van der Waals surface area contributed by atoms with Crippen LogP contribution in [0.1, 0.15) is 23.2 Å². The van der Waals surface area contributed by atoms with Crippen molar-refractivity contribution >= 4 is 52.3 Å². The van der Waals surface area contributed by atoms with Gasteiger partial charge in [-0.15, -0.1) is 11.3 Å². The van der Waals surface area contributed by atoms with Crippen molar-refractivity contribution in [2.45, 2.75) is 12.1 Å². The first-order chi connectivity index (χ1) is 12.4. The lowest BCUT2D eigenvalue weighted by atomic mass is 10.0. The van der Waals surface area contributed by atoms with E-state index in [0.29, 0.717) is 10.6 Å². The second-order valence-electron chi connectivity index (χ2n) is 6.16. The zero-order valence-corrected chi connectivity index (χ0v) is 16.6. The molecule has 3 rings (SSSR count). The minimum Gasteiger partial charge on any atom is -0.344 e. The monoisotopic (exact) mass is 404 g/mol. The summed E-state index contributed by atoms with van der Waals surface area (Å²) in [4.78, 5) is 23.0. The standard InChI is InChI=1S/C20H18ClO3PS/c1-25(23,24)20(17-13-26-19-11-10-15(21)12-16(17)19)18(22)9-5-8-14-6-3-2-4-7-14/h2-8,10-13,20H,9H2,1H3,(H,23,24)/b8-5+. The third kappa shape index (κ3) is 4.33. The zero-order chi connectivity index (χ0) is 18.7. The summed E-state index contributed by atoms with van der Waals surface area (Å²) in [6.07, 6.45) is 3.67. The molecule has 1 N–H and O–H groups in total. The molecule has 1 aromatic heterocycles. The molecule has 0 saturated carbocycles. The van der Waals surface area contributed by atoms with E-state index in [1.54, 1.807) is 23.6 Å². The lowest BCUT2D eigenvalue weighted by Crippen LogP contribution is -2.11. The number of carbonyl (C=O) groups is 1. The minimum atomic E-state index is -3.67. The van der Waals surface area contributed by atoms with Gasteiger partial charge in [0.15, 0.2) is 5.78 Å². The van der Waals surface area contributed by atoms with Crippen LogP contribution in [0.25, 0.3) is 16.2 Å². The molecule has 6 heteroatoms. The Morgan fingerprint density at radius 2 is 2.00 bits per heavy atom. The Morgan fingerprint density at radius 3 is 2.69 bits per heavy atom. The molecule has 0 aliphatic rings. The number of fused-ring (bicyclic) bond motifs is 1. The molecule has 0 radical (unpaired) electrons. The van der Waals surface area contributed by atoms with Gasteiger partial charge < -0.3 is 4.89 Å². The quantitative estimate of drug-likeness (QED) is 0.500. The smallest absolute Gasteiger partial charge is 0.212 e. The Kier molecular flexibility index (Phi) is 5.79. The molecule has 0 fully saturated rings. The van der Waals surface area contributed by atoms with Gasteiger partial charge >= 0.3 is 0 Å². The molecule has 26 heavy (non-hydrogen) atoms. The van der Waals surface area contributed by atoms with E-state index in [9.17, 15) is 14.3 Å². The molecule has 0 aliphatic carbocycles. The van der Waals surface area contributed by atoms with Gasteiger partial charge in [0, 0.05) is 22.8 Å². The third-order valence-electron chi connectivity index (χ3n) is 4.07. The molecular formula is C20H18ClO3PS. The van der Waals surface area contributed by atoms with Crippen LogP contribution in [0.5, 0.6) is 0 Å². The van der Waals surface area contributed by atoms with Crippen LogP contribution in [0, 0.1) is 0 Å². The molecule has 2 unspecified atom stereocenters. The molecule has 3 aromatic rings. The number of thiophene rings is 1. The number of Topliss-reactive ketones (excluding diaryl/α,β-unsaturated/α-hetero) is 1. The molecule has 0 spiro atoms. The Bertz CT molecular complexity index is 1000. The molecule has 1 heterocycles. The van der Waals surface area contributed by atoms with Gasteiger partial charge in [-0.25, -0.2) is 0 Å². The Morgan fingerprint density at radius 1 is 1.27 bits per heavy atom. The van der Waals surface area contributed by atoms with E-state index in [1.165, 1.54) is 18.0 Å². The molecule has 0 bridgehead atoms. The molecule has 0 saturated heterocycles. The highest BCUT2D eigenvalue weighted by molar-refractivity contribution is 7.58. The number of hydrogen-bond acceptors (Lipinski definition) is 3. The maximum atomic E-state index is 12.8. The van der Waals surface area contributed by atoms with Crippen molar-refractivity contribution in [1.29, 1.82) is 0 Å². The number of rotatable bonds is 6. The van der Waals surface area contributed by atoms with E-state index in [0.717, 1.165) is 15.6 Å². The molecular weight excluding hydrogens is 387 g/mol. The lowest BCUT2D eigenvalue weighted by molar-refractivity contribution is -0.118. The Labute approximate surface area is 161 Å². The lowest BCUT2D eigenvalue weighted by Gasteiger charge is -2.18. The highest BCUT2D eigenvalue weighted by Crippen LogP contribution is 2.55. The first kappa shape index (κ1) is 19.1. The van der Waals surface area contributed by atoms with Crippen LogP contribution in [0.2, 0.25) is 5.02 Å². The zero-order valence-electron chi connectivity index (χ0n) is 14.1. The van der Waals surface area contributed by atoms with Crippen LogP contribution >= 0.6 is 30.3 Å². The predicted octanol–water partition coefficient (Wildman–Crippen LogP) is 6.17. The molecule has 0 aliphatic heterocycles. The summed E-state index contributed by atoms with van der Waals surface area (Å²) < 4.78 is 13.4. The van der Waals surface area contributed by atoms with Crippen molar-refractivity contribution in [3.05, 3.63) is 76.1 Å². The maximum absolute atomic E-state index is 12.8. The normalized spacial score (nSPS) is 15.2. The van der Waals surface area contributed by atoms with Gasteiger partial charge in [-0.3, -0.25) is 9.36 Å². The third-order valence-corrected chi connectivity index (χ3v) is 6.81. The molecule has 134 valence electrons. The first-order valence-corrected chi connectivity index (χ1v) is 11.5. The molecule has 0 amide bonds. The summed E-state index contributed by atoms with van der Waals surface area (Å²) in [6, 6.07) is 15.0. The SMILES string of the molecule is CP(=O)(O)C(C(=O)C/C=C/c1ccccc1)c1csc2ccc(Cl)cc12. The fourth-order valence-corrected chi connectivity index (χ4v) is 5.53. The van der Waals surface area contributed by atoms with E-state index in [4.69, 9.17) is 11.6 Å². The summed E-state index contributed by atoms with van der Waals surface area (Å²) in [5.74, 6) is -0.273. The first-order valence-electron chi connectivity index (χ1n) is 8.07. The van der Waals surface area contributed by atoms with E-state index in [-0.39, 0.29) is 12.2 Å². The van der Waals surface area contributed by atoms with Crippen molar-refractivity contribution in [3.8, 4) is 0 Å². The van der Waals surface area contributed by atoms with Gasteiger partial charge in [-0.05, 0) is 40.1 Å². The highest BCUT2D eigenvalue weighted by atomic mass is 35.5. The number of halogens is 1. The number of ketones is 1. The van der Waals surface area contributed by atoms with Crippen molar-refractivity contribution < 1.29 is 14.3 Å². The molecule has 2 atom stereocenters. The topological polar surface area (TPSA) is 54.4 Å². The number of carbonyl (C=O) groups excluding carboxylic acids is 1. The summed E-state index contributed by atoms with van der Waals surface area (Å²) in [5.41, 5.74) is 0.516. The Hall–Kier alpha value is -1.71. The van der Waals surface area contributed by atoms with Crippen LogP contribution < -0.4 is 0 Å². The molecule has 2 aromatic carbocycles. The largest absolute Gasteiger partial charge is 0.344 e. The van der Waals surface area contributed by atoms with Gasteiger partial charge in [-0.1, -0.05) is 54.1 Å². The van der Waals surface area contributed by atoms with E-state index in [1.807, 2.05) is 42.5 Å². The number of allylic oxidation sites excluding steroid dienone is 1. The van der Waals surface area contributed by atoms with Crippen LogP contribution in [-0.2, 0) is 9.36 Å². The van der Waals surface area contributed by atoms with Crippen molar-refractivity contribution in [2.75, 3.05) is 6.66 Å². The second-order valence-corrected chi connectivity index (χ2v) is 9.91. The maximum Gasteiger partial charge on any atom is 0.212 e. The summed E-state index contributed by atoms with van der Waals surface area (Å²) in [5, 5.41) is 3.09. The van der Waals surface area contributed by atoms with Crippen molar-refractivity contribution in [1.82, 2.24) is 0 Å². The minimum absolute atomic E-state index is 0.0931. The predicted molar refractivity (Wildman–Crippen MR) is 110 cm³/mol. The fraction of sp³-hybridized carbons (Fsp3) is 0.150. The van der Waals surface area contributed by atoms with Crippen LogP contribution in [-0.4, -0.2) is 17.3 Å². The van der Waals surface area contributed by atoms with Crippen LogP contribution in [0.3, 0.4) is 0 Å². The van der Waals surface area contributed by atoms with E-state index >= 15 is 0 Å². The summed E-state index contributed by atoms with van der Waals surface area (Å²) in [7, 11) is -3.67. The van der Waals surface area contributed by atoms with Crippen LogP contribution in [0.4, 0.5) is 0 Å². The fourth-order valence-electron chi connectivity index (χ4n) is 2.92. The second kappa shape index (κ2) is 7.89. The number of hydrogen-bond donors (Lipinski definition) is 1. The van der Waals surface area contributed by atoms with Gasteiger partial charge in [0.2, 0.25) is 7.37 Å². The van der Waals surface area contributed by atoms with Gasteiger partial charge in [0.25, 0.3) is 0 Å². The van der Waals surface area contributed by atoms with Crippen molar-refractivity contribution in [3.63, 3.8) is 0 Å². The summed E-state index contributed by atoms with van der Waals surface area (Å²) in [6.45, 7) is 1.24. The van der Waals surface area contributed by atoms with E-state index < -0.39 is 13.0 Å². The number of benzene rings is 2. The van der Waals surface area contributed by atoms with Gasteiger partial charge in [-0.2, -0.15) is 0 Å². The summed E-state index contributed by atoms with van der Waals surface area (Å²) >= 11 is 7.52. The average Bonchev–Trinajstić information content (AvgIpc) is 2.97. The van der Waals surface area contributed by atoms with Crippen molar-refractivity contribution in [2.24, 2.45) is 0 Å². The molecule has 3 nitrogen and oxygen atoms in total. The van der Waals surface area contributed by atoms with Crippen LogP contribution in [0.15, 0.2) is 60.0 Å².